The van der Waals surface area contributed by atoms with Gasteiger partial charge in [0.05, 0.1) is 37.0 Å². The van der Waals surface area contributed by atoms with Crippen LogP contribution >= 0.6 is 23.2 Å². The van der Waals surface area contributed by atoms with Crippen molar-refractivity contribution in [1.29, 1.82) is 5.41 Å². The number of nitrogens with zero attached hydrogens (tertiary/aromatic N) is 1. The van der Waals surface area contributed by atoms with E-state index in [1.807, 2.05) is 0 Å². The van der Waals surface area contributed by atoms with E-state index in [2.05, 4.69) is 25.3 Å². The predicted octanol–water partition coefficient (Wildman–Crippen LogP) is 2.30. The minimum Gasteiger partial charge on any atom is -0.467 e. The van der Waals surface area contributed by atoms with Crippen LogP contribution in [0.5, 0.6) is 0 Å². The fraction of sp³-hybridized carbons (Fsp3) is 0.368. The van der Waals surface area contributed by atoms with E-state index in [4.69, 9.17) is 38.1 Å². The number of rotatable bonds is 13. The van der Waals surface area contributed by atoms with Gasteiger partial charge >= 0.3 is 5.97 Å². The Morgan fingerprint density at radius 3 is 2.68 bits per heavy atom. The fourth-order valence-electron chi connectivity index (χ4n) is 2.37. The lowest BCUT2D eigenvalue weighted by Gasteiger charge is -2.11. The van der Waals surface area contributed by atoms with Gasteiger partial charge in [-0.3, -0.25) is 9.78 Å². The second kappa shape index (κ2) is 12.9. The Labute approximate surface area is 188 Å². The predicted molar refractivity (Wildman–Crippen MR) is 119 cm³/mol. The topological polar surface area (TPSA) is 138 Å². The lowest BCUT2D eigenvalue weighted by molar-refractivity contribution is -0.146. The molecule has 0 aliphatic heterocycles. The highest BCUT2D eigenvalue weighted by molar-refractivity contribution is 6.42. The van der Waals surface area contributed by atoms with Gasteiger partial charge < -0.3 is 30.3 Å². The number of benzene rings is 1. The van der Waals surface area contributed by atoms with E-state index in [-0.39, 0.29) is 43.8 Å². The molecular weight excluding hydrogens is 449 g/mol. The van der Waals surface area contributed by atoms with E-state index in [0.29, 0.717) is 23.1 Å². The average Bonchev–Trinajstić information content (AvgIpc) is 2.76. The fourth-order valence-corrected chi connectivity index (χ4v) is 2.69. The quantitative estimate of drug-likeness (QED) is 0.198. The maximum Gasteiger partial charge on any atom is 0.331 e. The van der Waals surface area contributed by atoms with Gasteiger partial charge in [-0.25, -0.2) is 9.78 Å². The van der Waals surface area contributed by atoms with Crippen LogP contribution in [-0.4, -0.2) is 62.2 Å². The van der Waals surface area contributed by atoms with E-state index in [1.54, 1.807) is 18.2 Å². The van der Waals surface area contributed by atoms with Crippen LogP contribution in [0.2, 0.25) is 10.0 Å². The summed E-state index contributed by atoms with van der Waals surface area (Å²) in [5.74, 6) is -0.235. The molecule has 0 radical (unpaired) electrons. The van der Waals surface area contributed by atoms with Crippen molar-refractivity contribution in [1.82, 2.24) is 9.97 Å². The minimum absolute atomic E-state index is 0.132. The Balaban J connectivity index is 1.82. The number of esters is 1. The van der Waals surface area contributed by atoms with Crippen molar-refractivity contribution in [3.63, 3.8) is 0 Å². The van der Waals surface area contributed by atoms with Crippen molar-refractivity contribution in [2.24, 2.45) is 0 Å². The van der Waals surface area contributed by atoms with Gasteiger partial charge in [0.15, 0.2) is 0 Å². The summed E-state index contributed by atoms with van der Waals surface area (Å²) in [6.45, 7) is 1.35. The summed E-state index contributed by atoms with van der Waals surface area (Å²) in [5, 5.41) is 14.3. The largest absolute Gasteiger partial charge is 0.467 e. The highest BCUT2D eigenvalue weighted by atomic mass is 35.5. The van der Waals surface area contributed by atoms with Crippen LogP contribution in [0.25, 0.3) is 0 Å². The van der Waals surface area contributed by atoms with Gasteiger partial charge in [0.25, 0.3) is 5.56 Å². The van der Waals surface area contributed by atoms with Gasteiger partial charge in [-0.1, -0.05) is 29.3 Å². The van der Waals surface area contributed by atoms with Crippen molar-refractivity contribution >= 4 is 47.0 Å². The van der Waals surface area contributed by atoms with Gasteiger partial charge in [-0.15, -0.1) is 0 Å². The number of methoxy groups -OCH3 is 1. The first kappa shape index (κ1) is 24.6. The molecule has 0 bridgehead atoms. The summed E-state index contributed by atoms with van der Waals surface area (Å²) in [4.78, 5) is 30.1. The SMILES string of the molecule is COC(=O)COCCOCCNc1c(C=N)nc(NCc2ccc(Cl)c(Cl)c2)[nH]c1=O. The Morgan fingerprint density at radius 1 is 1.19 bits per heavy atom. The van der Waals surface area contributed by atoms with E-state index >= 15 is 0 Å². The Hall–Kier alpha value is -2.66. The van der Waals surface area contributed by atoms with Crippen LogP contribution in [0.15, 0.2) is 23.0 Å². The van der Waals surface area contributed by atoms with Gasteiger partial charge in [-0.2, -0.15) is 0 Å². The van der Waals surface area contributed by atoms with Gasteiger partial charge in [-0.05, 0) is 17.7 Å². The zero-order chi connectivity index (χ0) is 22.6. The van der Waals surface area contributed by atoms with E-state index in [9.17, 15) is 9.59 Å². The molecule has 10 nitrogen and oxygen atoms in total. The van der Waals surface area contributed by atoms with Crippen molar-refractivity contribution in [3.8, 4) is 0 Å². The van der Waals surface area contributed by atoms with Crippen LogP contribution in [0.4, 0.5) is 11.6 Å². The van der Waals surface area contributed by atoms with E-state index in [0.717, 1.165) is 11.8 Å². The van der Waals surface area contributed by atoms with Crippen molar-refractivity contribution in [2.75, 3.05) is 50.7 Å². The molecule has 0 saturated carbocycles. The second-order valence-corrected chi connectivity index (χ2v) is 6.90. The van der Waals surface area contributed by atoms with Crippen LogP contribution in [0, 0.1) is 5.41 Å². The molecule has 0 unspecified atom stereocenters. The molecular formula is C19H23Cl2N5O5. The van der Waals surface area contributed by atoms with E-state index in [1.165, 1.54) is 7.11 Å². The lowest BCUT2D eigenvalue weighted by atomic mass is 10.2. The molecule has 0 fully saturated rings. The summed E-state index contributed by atoms with van der Waals surface area (Å²) in [7, 11) is 1.28. The molecule has 0 atom stereocenters. The summed E-state index contributed by atoms with van der Waals surface area (Å²) in [6, 6.07) is 5.19. The number of anilines is 2. The van der Waals surface area contributed by atoms with Crippen LogP contribution in [0.1, 0.15) is 11.3 Å². The van der Waals surface area contributed by atoms with Gasteiger partial charge in [0.2, 0.25) is 5.95 Å². The molecule has 4 N–H and O–H groups in total. The summed E-state index contributed by atoms with van der Waals surface area (Å²) < 4.78 is 14.8. The van der Waals surface area contributed by atoms with Crippen LogP contribution in [-0.2, 0) is 25.5 Å². The molecule has 0 aliphatic carbocycles. The molecule has 1 aromatic heterocycles. The average molecular weight is 472 g/mol. The van der Waals surface area contributed by atoms with Crippen molar-refractivity contribution in [2.45, 2.75) is 6.54 Å². The maximum atomic E-state index is 12.4. The van der Waals surface area contributed by atoms with E-state index < -0.39 is 11.5 Å². The van der Waals surface area contributed by atoms with Crippen LogP contribution in [0.3, 0.4) is 0 Å². The molecule has 12 heteroatoms. The molecule has 168 valence electrons. The molecule has 2 rings (SSSR count). The maximum absolute atomic E-state index is 12.4. The third-order valence-electron chi connectivity index (χ3n) is 3.90. The first-order chi connectivity index (χ1) is 14.9. The zero-order valence-electron chi connectivity index (χ0n) is 16.8. The number of halogens is 2. The first-order valence-corrected chi connectivity index (χ1v) is 9.99. The highest BCUT2D eigenvalue weighted by Crippen LogP contribution is 2.22. The third-order valence-corrected chi connectivity index (χ3v) is 4.63. The number of carbonyl (C=O) groups is 1. The van der Waals surface area contributed by atoms with Gasteiger partial charge in [0, 0.05) is 19.3 Å². The summed E-state index contributed by atoms with van der Waals surface area (Å²) in [6.07, 6.45) is 0.990. The Morgan fingerprint density at radius 2 is 1.97 bits per heavy atom. The number of aromatic amines is 1. The molecule has 31 heavy (non-hydrogen) atoms. The molecule has 1 heterocycles. The molecule has 0 amide bonds. The number of aromatic nitrogens is 2. The van der Waals surface area contributed by atoms with Crippen LogP contribution < -0.4 is 16.2 Å². The lowest BCUT2D eigenvalue weighted by Crippen LogP contribution is -2.23. The van der Waals surface area contributed by atoms with Crippen molar-refractivity contribution < 1.29 is 19.0 Å². The number of carbonyl (C=O) groups excluding carboxylic acids is 1. The minimum atomic E-state index is -0.456. The van der Waals surface area contributed by atoms with Crippen molar-refractivity contribution in [3.05, 3.63) is 49.9 Å². The summed E-state index contributed by atoms with van der Waals surface area (Å²) in [5.41, 5.74) is 0.775. The number of nitrogens with one attached hydrogen (secondary N) is 4. The Bertz CT molecular complexity index is 954. The second-order valence-electron chi connectivity index (χ2n) is 6.09. The molecule has 2 aromatic rings. The third kappa shape index (κ3) is 8.18. The normalized spacial score (nSPS) is 10.5. The smallest absolute Gasteiger partial charge is 0.331 e. The molecule has 0 aliphatic rings. The monoisotopic (exact) mass is 471 g/mol. The number of hydrogen-bond donors (Lipinski definition) is 4. The van der Waals surface area contributed by atoms with Gasteiger partial charge in [0.1, 0.15) is 18.0 Å². The number of hydrogen-bond acceptors (Lipinski definition) is 9. The number of ether oxygens (including phenoxy) is 3. The molecule has 1 aromatic carbocycles. The molecule has 0 saturated heterocycles. The Kier molecular flexibility index (Phi) is 10.2. The molecule has 0 spiro atoms. The first-order valence-electron chi connectivity index (χ1n) is 9.23. The zero-order valence-corrected chi connectivity index (χ0v) is 18.3. The standard InChI is InChI=1S/C19H23Cl2N5O5/c1-29-16(27)11-31-7-6-30-5-4-23-17-15(9-22)25-19(26-18(17)28)24-10-12-2-3-13(20)14(21)8-12/h2-3,8-9,22-23H,4-7,10-11H2,1H3,(H2,24,25,26,28). The highest BCUT2D eigenvalue weighted by Gasteiger charge is 2.10. The summed E-state index contributed by atoms with van der Waals surface area (Å²) >= 11 is 11.9. The number of H-pyrrole nitrogens is 1.